The van der Waals surface area contributed by atoms with Gasteiger partial charge in [0.15, 0.2) is 5.96 Å². The second-order valence-electron chi connectivity index (χ2n) is 6.01. The van der Waals surface area contributed by atoms with Gasteiger partial charge in [-0.15, -0.1) is 11.3 Å². The van der Waals surface area contributed by atoms with Gasteiger partial charge in [-0.2, -0.15) is 0 Å². The lowest BCUT2D eigenvalue weighted by molar-refractivity contribution is 0.792. The van der Waals surface area contributed by atoms with E-state index >= 15 is 0 Å². The van der Waals surface area contributed by atoms with Gasteiger partial charge in [0.25, 0.3) is 0 Å². The van der Waals surface area contributed by atoms with Gasteiger partial charge in [-0.25, -0.2) is 9.98 Å². The van der Waals surface area contributed by atoms with E-state index in [2.05, 4.69) is 68.9 Å². The van der Waals surface area contributed by atoms with E-state index in [1.54, 1.807) is 17.5 Å². The molecule has 136 valence electrons. The number of nitrogens with one attached hydrogen (secondary N) is 2. The van der Waals surface area contributed by atoms with Crippen LogP contribution >= 0.6 is 11.3 Å². The molecule has 3 rings (SSSR count). The van der Waals surface area contributed by atoms with E-state index < -0.39 is 0 Å². The lowest BCUT2D eigenvalue weighted by Crippen LogP contribution is -2.38. The molecule has 3 aromatic rings. The number of benzene rings is 1. The molecule has 0 unspecified atom stereocenters. The quantitative estimate of drug-likeness (QED) is 0.474. The van der Waals surface area contributed by atoms with E-state index in [0.717, 1.165) is 32.0 Å². The van der Waals surface area contributed by atoms with E-state index in [0.29, 0.717) is 6.54 Å². The molecule has 0 bridgehead atoms. The number of aliphatic imine (C=N–C) groups is 1. The summed E-state index contributed by atoms with van der Waals surface area (Å²) in [6.45, 7) is 5.31. The Hall–Kier alpha value is -2.60. The fourth-order valence-corrected chi connectivity index (χ4v) is 3.40. The number of imidazole rings is 1. The Labute approximate surface area is 158 Å². The largest absolute Gasteiger partial charge is 0.357 e. The van der Waals surface area contributed by atoms with Crippen LogP contribution in [0.15, 0.2) is 65.5 Å². The van der Waals surface area contributed by atoms with Crippen LogP contribution in [0, 0.1) is 0 Å². The summed E-state index contributed by atoms with van der Waals surface area (Å²) in [6.07, 6.45) is 6.64. The van der Waals surface area contributed by atoms with E-state index in [-0.39, 0.29) is 0 Å². The molecular formula is C20H25N5S. The summed E-state index contributed by atoms with van der Waals surface area (Å²) in [4.78, 5) is 10.2. The maximum atomic E-state index is 4.72. The Balaban J connectivity index is 1.56. The summed E-state index contributed by atoms with van der Waals surface area (Å²) < 4.78 is 2.07. The van der Waals surface area contributed by atoms with Crippen molar-refractivity contribution in [3.8, 4) is 0 Å². The SMILES string of the molecule is CCNC(=NCc1cccc(Cn2ccnc2)c1)NCCc1cccs1. The molecule has 0 aliphatic rings. The predicted octanol–water partition coefficient (Wildman–Crippen LogP) is 3.29. The lowest BCUT2D eigenvalue weighted by Gasteiger charge is -2.11. The molecule has 2 N–H and O–H groups in total. The van der Waals surface area contributed by atoms with Crippen LogP contribution in [-0.4, -0.2) is 28.6 Å². The molecule has 0 amide bonds. The molecule has 1 aromatic carbocycles. The van der Waals surface area contributed by atoms with Crippen LogP contribution in [0.3, 0.4) is 0 Å². The standard InChI is InChI=1S/C20H25N5S/c1-2-22-20(23-9-8-19-7-4-12-26-19)24-14-17-5-3-6-18(13-17)15-25-11-10-21-16-25/h3-7,10-13,16H,2,8-9,14-15H2,1H3,(H2,22,23,24). The third-order valence-electron chi connectivity index (χ3n) is 3.92. The minimum Gasteiger partial charge on any atom is -0.357 e. The van der Waals surface area contributed by atoms with Crippen LogP contribution in [0.25, 0.3) is 0 Å². The van der Waals surface area contributed by atoms with Crippen LogP contribution in [-0.2, 0) is 19.5 Å². The van der Waals surface area contributed by atoms with Gasteiger partial charge in [-0.1, -0.05) is 30.3 Å². The first kappa shape index (κ1) is 18.2. The van der Waals surface area contributed by atoms with Gasteiger partial charge < -0.3 is 15.2 Å². The molecular weight excluding hydrogens is 342 g/mol. The van der Waals surface area contributed by atoms with Gasteiger partial charge in [0.1, 0.15) is 0 Å². The van der Waals surface area contributed by atoms with Crippen molar-refractivity contribution in [2.24, 2.45) is 4.99 Å². The molecule has 0 aliphatic heterocycles. The normalized spacial score (nSPS) is 11.5. The molecule has 0 saturated heterocycles. The van der Waals surface area contributed by atoms with Gasteiger partial charge in [0.2, 0.25) is 0 Å². The number of thiophene rings is 1. The van der Waals surface area contributed by atoms with Gasteiger partial charge in [-0.05, 0) is 35.9 Å². The highest BCUT2D eigenvalue weighted by molar-refractivity contribution is 7.09. The Morgan fingerprint density at radius 3 is 2.88 bits per heavy atom. The monoisotopic (exact) mass is 367 g/mol. The number of nitrogens with zero attached hydrogens (tertiary/aromatic N) is 3. The first-order chi connectivity index (χ1) is 12.8. The van der Waals surface area contributed by atoms with Gasteiger partial charge >= 0.3 is 0 Å². The maximum absolute atomic E-state index is 4.72. The number of aromatic nitrogens is 2. The summed E-state index contributed by atoms with van der Waals surface area (Å²) in [6, 6.07) is 12.8. The summed E-state index contributed by atoms with van der Waals surface area (Å²) in [7, 11) is 0. The molecule has 6 heteroatoms. The van der Waals surface area contributed by atoms with Crippen molar-refractivity contribution in [3.63, 3.8) is 0 Å². The van der Waals surface area contributed by atoms with Gasteiger partial charge in [-0.3, -0.25) is 0 Å². The first-order valence-electron chi connectivity index (χ1n) is 8.91. The molecule has 0 saturated carbocycles. The topological polar surface area (TPSA) is 54.2 Å². The van der Waals surface area contributed by atoms with E-state index in [9.17, 15) is 0 Å². The van der Waals surface area contributed by atoms with Crippen molar-refractivity contribution in [1.82, 2.24) is 20.2 Å². The highest BCUT2D eigenvalue weighted by atomic mass is 32.1. The highest BCUT2D eigenvalue weighted by Crippen LogP contribution is 2.09. The zero-order valence-electron chi connectivity index (χ0n) is 15.1. The Kier molecular flexibility index (Phi) is 6.84. The zero-order valence-corrected chi connectivity index (χ0v) is 15.9. The Morgan fingerprint density at radius 1 is 1.19 bits per heavy atom. The number of guanidine groups is 1. The second-order valence-corrected chi connectivity index (χ2v) is 7.04. The molecule has 0 aliphatic carbocycles. The van der Waals surface area contributed by atoms with Crippen molar-refractivity contribution in [2.75, 3.05) is 13.1 Å². The third kappa shape index (κ3) is 5.74. The Bertz CT molecular complexity index is 793. The van der Waals surface area contributed by atoms with Crippen molar-refractivity contribution in [2.45, 2.75) is 26.4 Å². The van der Waals surface area contributed by atoms with Crippen molar-refractivity contribution in [1.29, 1.82) is 0 Å². The van der Waals surface area contributed by atoms with Crippen LogP contribution in [0.4, 0.5) is 0 Å². The summed E-state index contributed by atoms with van der Waals surface area (Å²) in [5, 5.41) is 8.84. The average molecular weight is 368 g/mol. The molecule has 0 spiro atoms. The first-order valence-corrected chi connectivity index (χ1v) is 9.79. The van der Waals surface area contributed by atoms with Crippen molar-refractivity contribution < 1.29 is 0 Å². The molecule has 2 aromatic heterocycles. The van der Waals surface area contributed by atoms with Crippen LogP contribution in [0.5, 0.6) is 0 Å². The fourth-order valence-electron chi connectivity index (χ4n) is 2.69. The number of hydrogen-bond acceptors (Lipinski definition) is 3. The average Bonchev–Trinajstić information content (AvgIpc) is 3.34. The lowest BCUT2D eigenvalue weighted by atomic mass is 10.1. The van der Waals surface area contributed by atoms with Crippen LogP contribution in [0.1, 0.15) is 22.9 Å². The van der Waals surface area contributed by atoms with E-state index in [1.165, 1.54) is 16.0 Å². The van der Waals surface area contributed by atoms with E-state index in [4.69, 9.17) is 4.99 Å². The number of hydrogen-bond donors (Lipinski definition) is 2. The molecule has 2 heterocycles. The van der Waals surface area contributed by atoms with E-state index in [1.807, 2.05) is 12.5 Å². The minimum atomic E-state index is 0.659. The summed E-state index contributed by atoms with van der Waals surface area (Å²) >= 11 is 1.79. The molecule has 0 radical (unpaired) electrons. The van der Waals surface area contributed by atoms with Crippen molar-refractivity contribution >= 4 is 17.3 Å². The highest BCUT2D eigenvalue weighted by Gasteiger charge is 2.01. The van der Waals surface area contributed by atoms with Gasteiger partial charge in [0.05, 0.1) is 12.9 Å². The smallest absolute Gasteiger partial charge is 0.191 e. The molecule has 0 atom stereocenters. The predicted molar refractivity (Wildman–Crippen MR) is 109 cm³/mol. The van der Waals surface area contributed by atoms with Crippen molar-refractivity contribution in [3.05, 3.63) is 76.5 Å². The van der Waals surface area contributed by atoms with Gasteiger partial charge in [0, 0.05) is 36.9 Å². The minimum absolute atomic E-state index is 0.659. The molecule has 0 fully saturated rings. The third-order valence-corrected chi connectivity index (χ3v) is 4.86. The molecule has 5 nitrogen and oxygen atoms in total. The second kappa shape index (κ2) is 9.77. The fraction of sp³-hybridized carbons (Fsp3) is 0.300. The number of rotatable bonds is 8. The summed E-state index contributed by atoms with van der Waals surface area (Å²) in [5.74, 6) is 0.865. The zero-order chi connectivity index (χ0) is 18.0. The summed E-state index contributed by atoms with van der Waals surface area (Å²) in [5.41, 5.74) is 2.46. The van der Waals surface area contributed by atoms with Crippen LogP contribution in [0.2, 0.25) is 0 Å². The molecule has 26 heavy (non-hydrogen) atoms. The Morgan fingerprint density at radius 2 is 2.12 bits per heavy atom. The maximum Gasteiger partial charge on any atom is 0.191 e. The van der Waals surface area contributed by atoms with Crippen LogP contribution < -0.4 is 10.6 Å².